The number of nitrogens with one attached hydrogen (secondary N) is 2. The minimum atomic E-state index is -0.151. The maximum absolute atomic E-state index is 11.4. The molecule has 2 rings (SSSR count). The van der Waals surface area contributed by atoms with Gasteiger partial charge in [0, 0.05) is 30.2 Å². The van der Waals surface area contributed by atoms with Crippen LogP contribution in [0.25, 0.3) is 0 Å². The Kier molecular flexibility index (Phi) is 7.09. The van der Waals surface area contributed by atoms with Gasteiger partial charge in [-0.1, -0.05) is 54.9 Å². The highest BCUT2D eigenvalue weighted by Gasteiger charge is 2.15. The molecule has 4 nitrogen and oxygen atoms in total. The van der Waals surface area contributed by atoms with Crippen LogP contribution >= 0.6 is 11.6 Å². The molecular formula is C19H23ClN2O2. The summed E-state index contributed by atoms with van der Waals surface area (Å²) in [5.74, 6) is 0.571. The van der Waals surface area contributed by atoms with E-state index >= 15 is 0 Å². The summed E-state index contributed by atoms with van der Waals surface area (Å²) in [6.45, 7) is 2.79. The molecule has 0 fully saturated rings. The Hall–Kier alpha value is -2.04. The summed E-state index contributed by atoms with van der Waals surface area (Å²) < 4.78 is 5.67. The summed E-state index contributed by atoms with van der Waals surface area (Å²) in [6, 6.07) is 15.7. The number of likely N-dealkylation sites (N-methyl/N-ethyl adjacent to an activating group) is 1. The highest BCUT2D eigenvalue weighted by molar-refractivity contribution is 6.31. The molecule has 0 aromatic heterocycles. The van der Waals surface area contributed by atoms with Crippen LogP contribution in [-0.2, 0) is 11.3 Å². The molecule has 1 atom stereocenters. The van der Waals surface area contributed by atoms with Crippen LogP contribution in [-0.4, -0.2) is 19.6 Å². The number of para-hydroxylation sites is 1. The molecule has 1 amide bonds. The van der Waals surface area contributed by atoms with Crippen LogP contribution in [0.15, 0.2) is 48.5 Å². The highest BCUT2D eigenvalue weighted by Crippen LogP contribution is 2.28. The number of ether oxygens (including phenoxy) is 1. The average molecular weight is 347 g/mol. The van der Waals surface area contributed by atoms with Gasteiger partial charge >= 0.3 is 0 Å². The molecule has 0 aliphatic rings. The first-order valence-corrected chi connectivity index (χ1v) is 8.42. The zero-order valence-corrected chi connectivity index (χ0v) is 14.8. The number of hydrogen-bond acceptors (Lipinski definition) is 3. The standard InChI is InChI=1S/C19H23ClN2O2/c1-3-17(22-12-14-8-4-6-10-16(14)20)15-9-5-7-11-18(15)24-13-19(23)21-2/h4-11,17,22H,3,12-13H2,1-2H3,(H,21,23). The van der Waals surface area contributed by atoms with Crippen LogP contribution in [0.3, 0.4) is 0 Å². The van der Waals surface area contributed by atoms with E-state index in [1.165, 1.54) is 0 Å². The first kappa shape index (κ1) is 18.3. The van der Waals surface area contributed by atoms with Crippen molar-refractivity contribution in [1.82, 2.24) is 10.6 Å². The molecule has 0 radical (unpaired) electrons. The van der Waals surface area contributed by atoms with Gasteiger partial charge in [-0.2, -0.15) is 0 Å². The number of carbonyl (C=O) groups excluding carboxylic acids is 1. The Balaban J connectivity index is 2.09. The van der Waals surface area contributed by atoms with Crippen molar-refractivity contribution in [1.29, 1.82) is 0 Å². The molecule has 5 heteroatoms. The van der Waals surface area contributed by atoms with Crippen molar-refractivity contribution >= 4 is 17.5 Å². The number of carbonyl (C=O) groups is 1. The highest BCUT2D eigenvalue weighted by atomic mass is 35.5. The second-order valence-electron chi connectivity index (χ2n) is 5.43. The summed E-state index contributed by atoms with van der Waals surface area (Å²) in [7, 11) is 1.59. The van der Waals surface area contributed by atoms with E-state index in [-0.39, 0.29) is 18.6 Å². The van der Waals surface area contributed by atoms with E-state index in [1.54, 1.807) is 7.05 Å². The minimum Gasteiger partial charge on any atom is -0.483 e. The number of benzene rings is 2. The van der Waals surface area contributed by atoms with Crippen LogP contribution in [0.1, 0.15) is 30.5 Å². The first-order chi connectivity index (χ1) is 11.7. The maximum Gasteiger partial charge on any atom is 0.257 e. The minimum absolute atomic E-state index is 0.00839. The Bertz CT molecular complexity index is 676. The van der Waals surface area contributed by atoms with E-state index in [2.05, 4.69) is 17.6 Å². The summed E-state index contributed by atoms with van der Waals surface area (Å²) in [6.07, 6.45) is 0.894. The van der Waals surface area contributed by atoms with Gasteiger partial charge in [-0.25, -0.2) is 0 Å². The van der Waals surface area contributed by atoms with E-state index < -0.39 is 0 Å². The maximum atomic E-state index is 11.4. The summed E-state index contributed by atoms with van der Waals surface area (Å²) in [4.78, 5) is 11.4. The molecule has 2 aromatic carbocycles. The molecule has 0 saturated heterocycles. The molecular weight excluding hydrogens is 324 g/mol. The smallest absolute Gasteiger partial charge is 0.257 e. The normalized spacial score (nSPS) is 11.8. The molecule has 2 aromatic rings. The van der Waals surface area contributed by atoms with Gasteiger partial charge in [-0.3, -0.25) is 4.79 Å². The number of halogens is 1. The molecule has 1 unspecified atom stereocenters. The Morgan fingerprint density at radius 1 is 1.17 bits per heavy atom. The van der Waals surface area contributed by atoms with E-state index in [4.69, 9.17) is 16.3 Å². The van der Waals surface area contributed by atoms with Crippen molar-refractivity contribution in [3.8, 4) is 5.75 Å². The van der Waals surface area contributed by atoms with Gasteiger partial charge < -0.3 is 15.4 Å². The monoisotopic (exact) mass is 346 g/mol. The van der Waals surface area contributed by atoms with Gasteiger partial charge in [0.05, 0.1) is 0 Å². The van der Waals surface area contributed by atoms with Crippen LogP contribution in [0.5, 0.6) is 5.75 Å². The molecule has 0 spiro atoms. The lowest BCUT2D eigenvalue weighted by Gasteiger charge is -2.21. The second-order valence-corrected chi connectivity index (χ2v) is 5.84. The Labute approximate surface area is 148 Å². The van der Waals surface area contributed by atoms with Gasteiger partial charge in [-0.15, -0.1) is 0 Å². The van der Waals surface area contributed by atoms with Crippen molar-refractivity contribution < 1.29 is 9.53 Å². The van der Waals surface area contributed by atoms with Gasteiger partial charge in [0.25, 0.3) is 5.91 Å². The summed E-state index contributed by atoms with van der Waals surface area (Å²) >= 11 is 6.22. The third-order valence-electron chi connectivity index (χ3n) is 3.84. The third kappa shape index (κ3) is 4.98. The number of amides is 1. The predicted molar refractivity (Wildman–Crippen MR) is 97.3 cm³/mol. The van der Waals surface area contributed by atoms with E-state index in [0.717, 1.165) is 28.3 Å². The molecule has 128 valence electrons. The molecule has 0 saturated carbocycles. The van der Waals surface area contributed by atoms with Gasteiger partial charge in [0.15, 0.2) is 6.61 Å². The van der Waals surface area contributed by atoms with Crippen molar-refractivity contribution in [3.05, 3.63) is 64.7 Å². The molecule has 0 aliphatic heterocycles. The predicted octanol–water partition coefficient (Wildman–Crippen LogP) is 3.71. The molecule has 0 bridgehead atoms. The zero-order chi connectivity index (χ0) is 17.4. The van der Waals surface area contributed by atoms with Crippen LogP contribution in [0.4, 0.5) is 0 Å². The van der Waals surface area contributed by atoms with Gasteiger partial charge in [0.2, 0.25) is 0 Å². The lowest BCUT2D eigenvalue weighted by molar-refractivity contribution is -0.122. The van der Waals surface area contributed by atoms with Gasteiger partial charge in [0.1, 0.15) is 5.75 Å². The summed E-state index contributed by atoms with van der Waals surface area (Å²) in [5.41, 5.74) is 2.09. The Morgan fingerprint density at radius 3 is 2.58 bits per heavy atom. The summed E-state index contributed by atoms with van der Waals surface area (Å²) in [5, 5.41) is 6.83. The third-order valence-corrected chi connectivity index (χ3v) is 4.21. The lowest BCUT2D eigenvalue weighted by atomic mass is 10.0. The van der Waals surface area contributed by atoms with E-state index in [1.807, 2.05) is 48.5 Å². The fourth-order valence-electron chi connectivity index (χ4n) is 2.46. The number of rotatable bonds is 8. The molecule has 0 aliphatic carbocycles. The van der Waals surface area contributed by atoms with Crippen molar-refractivity contribution in [2.45, 2.75) is 25.9 Å². The van der Waals surface area contributed by atoms with Crippen LogP contribution < -0.4 is 15.4 Å². The van der Waals surface area contributed by atoms with Crippen molar-refractivity contribution in [3.63, 3.8) is 0 Å². The topological polar surface area (TPSA) is 50.4 Å². The largest absolute Gasteiger partial charge is 0.483 e. The second kappa shape index (κ2) is 9.30. The lowest BCUT2D eigenvalue weighted by Crippen LogP contribution is -2.26. The Morgan fingerprint density at radius 2 is 1.88 bits per heavy atom. The van der Waals surface area contributed by atoms with Gasteiger partial charge in [-0.05, 0) is 24.1 Å². The molecule has 24 heavy (non-hydrogen) atoms. The van der Waals surface area contributed by atoms with Crippen LogP contribution in [0, 0.1) is 0 Å². The number of hydrogen-bond donors (Lipinski definition) is 2. The van der Waals surface area contributed by atoms with Crippen molar-refractivity contribution in [2.75, 3.05) is 13.7 Å². The fourth-order valence-corrected chi connectivity index (χ4v) is 2.67. The van der Waals surface area contributed by atoms with Crippen molar-refractivity contribution in [2.24, 2.45) is 0 Å². The van der Waals surface area contributed by atoms with E-state index in [0.29, 0.717) is 6.54 Å². The zero-order valence-electron chi connectivity index (χ0n) is 14.0. The quantitative estimate of drug-likeness (QED) is 0.766. The molecule has 2 N–H and O–H groups in total. The average Bonchev–Trinajstić information content (AvgIpc) is 2.62. The van der Waals surface area contributed by atoms with Crippen LogP contribution in [0.2, 0.25) is 5.02 Å². The molecule has 0 heterocycles. The fraction of sp³-hybridized carbons (Fsp3) is 0.316. The van der Waals surface area contributed by atoms with E-state index in [9.17, 15) is 4.79 Å². The SMILES string of the molecule is CCC(NCc1ccccc1Cl)c1ccccc1OCC(=O)NC. The first-order valence-electron chi connectivity index (χ1n) is 8.04.